The summed E-state index contributed by atoms with van der Waals surface area (Å²) in [7, 11) is 1.39. The first kappa shape index (κ1) is 18.2. The number of hydrogen-bond acceptors (Lipinski definition) is 7. The molecule has 0 aliphatic heterocycles. The maximum Gasteiger partial charge on any atom is 0.319 e. The second kappa shape index (κ2) is 8.18. The molecule has 0 aliphatic carbocycles. The van der Waals surface area contributed by atoms with Gasteiger partial charge < -0.3 is 9.47 Å². The number of hydrogen-bond donors (Lipinski definition) is 0. The van der Waals surface area contributed by atoms with Crippen molar-refractivity contribution in [1.82, 2.24) is 19.8 Å². The third-order valence-corrected chi connectivity index (χ3v) is 5.03. The largest absolute Gasteiger partial charge is 0.494 e. The molecular formula is C18H20N4O3S. The summed E-state index contributed by atoms with van der Waals surface area (Å²) in [6.45, 7) is 4.51. The Morgan fingerprint density at radius 3 is 2.58 bits per heavy atom. The number of benzene rings is 1. The van der Waals surface area contributed by atoms with E-state index >= 15 is 0 Å². The maximum atomic E-state index is 11.8. The van der Waals surface area contributed by atoms with Gasteiger partial charge in [0.1, 0.15) is 16.0 Å². The number of methoxy groups -OCH3 is 1. The molecule has 26 heavy (non-hydrogen) atoms. The number of rotatable bonds is 7. The van der Waals surface area contributed by atoms with Crippen LogP contribution in [0.25, 0.3) is 17.0 Å². The lowest BCUT2D eigenvalue weighted by atomic mass is 10.2. The van der Waals surface area contributed by atoms with Crippen LogP contribution < -0.4 is 4.74 Å². The van der Waals surface area contributed by atoms with E-state index in [9.17, 15) is 4.79 Å². The molecule has 0 aliphatic rings. The van der Waals surface area contributed by atoms with Crippen LogP contribution in [0.4, 0.5) is 0 Å². The summed E-state index contributed by atoms with van der Waals surface area (Å²) in [5.74, 6) is 1.18. The Bertz CT molecular complexity index is 895. The molecule has 7 nitrogen and oxygen atoms in total. The number of esters is 1. The third-order valence-electron chi connectivity index (χ3n) is 3.76. The van der Waals surface area contributed by atoms with Crippen LogP contribution in [0.1, 0.15) is 20.3 Å². The molecule has 3 rings (SSSR count). The van der Waals surface area contributed by atoms with E-state index < -0.39 is 0 Å². The van der Waals surface area contributed by atoms with Crippen LogP contribution in [0.3, 0.4) is 0 Å². The van der Waals surface area contributed by atoms with Crippen molar-refractivity contribution < 1.29 is 14.3 Å². The molecule has 0 amide bonds. The fraction of sp³-hybridized carbons (Fsp3) is 0.333. The summed E-state index contributed by atoms with van der Waals surface area (Å²) in [4.78, 5) is 11.8. The molecule has 0 unspecified atom stereocenters. The number of nitrogens with zero attached hydrogens (tertiary/aromatic N) is 4. The minimum Gasteiger partial charge on any atom is -0.494 e. The monoisotopic (exact) mass is 372 g/mol. The van der Waals surface area contributed by atoms with Gasteiger partial charge in [-0.3, -0.25) is 4.79 Å². The Hall–Kier alpha value is -2.61. The molecule has 8 heteroatoms. The predicted molar refractivity (Wildman–Crippen MR) is 99.3 cm³/mol. The summed E-state index contributed by atoms with van der Waals surface area (Å²) in [6.07, 6.45) is 0.658. The van der Waals surface area contributed by atoms with E-state index in [0.717, 1.165) is 11.3 Å². The number of carbonyl (C=O) groups is 1. The standard InChI is InChI=1S/C18H20N4O3S/c1-4-14(18(23)24-3)26-16-11-10-15-19-20-17(22(15)21-16)12-6-8-13(9-7-12)25-5-2/h6-11,14H,4-5H2,1-3H3/t14-/m0/s1. The quantitative estimate of drug-likeness (QED) is 0.465. The van der Waals surface area contributed by atoms with E-state index in [-0.39, 0.29) is 11.2 Å². The molecule has 2 heterocycles. The lowest BCUT2D eigenvalue weighted by Gasteiger charge is -2.11. The van der Waals surface area contributed by atoms with Crippen molar-refractivity contribution in [2.45, 2.75) is 30.5 Å². The molecule has 3 aromatic rings. The van der Waals surface area contributed by atoms with Gasteiger partial charge in [-0.2, -0.15) is 9.61 Å². The van der Waals surface area contributed by atoms with Gasteiger partial charge in [0.05, 0.1) is 13.7 Å². The van der Waals surface area contributed by atoms with Crippen LogP contribution in [-0.4, -0.2) is 44.7 Å². The van der Waals surface area contributed by atoms with Gasteiger partial charge in [-0.25, -0.2) is 0 Å². The van der Waals surface area contributed by atoms with E-state index in [1.54, 1.807) is 4.52 Å². The highest BCUT2D eigenvalue weighted by Crippen LogP contribution is 2.26. The van der Waals surface area contributed by atoms with Gasteiger partial charge in [0.25, 0.3) is 0 Å². The van der Waals surface area contributed by atoms with E-state index in [1.165, 1.54) is 18.9 Å². The average Bonchev–Trinajstić information content (AvgIpc) is 3.09. The molecule has 0 N–H and O–H groups in total. The van der Waals surface area contributed by atoms with Crippen LogP contribution in [0, 0.1) is 0 Å². The number of aromatic nitrogens is 4. The Morgan fingerprint density at radius 2 is 1.92 bits per heavy atom. The van der Waals surface area contributed by atoms with Crippen molar-refractivity contribution in [3.8, 4) is 17.1 Å². The van der Waals surface area contributed by atoms with Gasteiger partial charge in [-0.05, 0) is 49.7 Å². The lowest BCUT2D eigenvalue weighted by Crippen LogP contribution is -2.18. The molecule has 0 spiro atoms. The van der Waals surface area contributed by atoms with Crippen LogP contribution in [0.2, 0.25) is 0 Å². The summed E-state index contributed by atoms with van der Waals surface area (Å²) >= 11 is 1.37. The van der Waals surface area contributed by atoms with Gasteiger partial charge in [0.2, 0.25) is 0 Å². The topological polar surface area (TPSA) is 78.6 Å². The summed E-state index contributed by atoms with van der Waals surface area (Å²) in [5, 5.41) is 13.4. The second-order valence-electron chi connectivity index (χ2n) is 5.46. The molecule has 0 bridgehead atoms. The molecule has 0 saturated carbocycles. The third kappa shape index (κ3) is 3.80. The van der Waals surface area contributed by atoms with Crippen LogP contribution >= 0.6 is 11.8 Å². The minimum absolute atomic E-state index is 0.255. The highest BCUT2D eigenvalue weighted by molar-refractivity contribution is 8.00. The molecule has 0 radical (unpaired) electrons. The molecule has 1 atom stereocenters. The highest BCUT2D eigenvalue weighted by atomic mass is 32.2. The van der Waals surface area contributed by atoms with Crippen molar-refractivity contribution in [3.05, 3.63) is 36.4 Å². The van der Waals surface area contributed by atoms with Gasteiger partial charge in [-0.1, -0.05) is 18.7 Å². The smallest absolute Gasteiger partial charge is 0.319 e. The van der Waals surface area contributed by atoms with E-state index in [4.69, 9.17) is 9.47 Å². The van der Waals surface area contributed by atoms with Crippen LogP contribution in [0.15, 0.2) is 41.4 Å². The van der Waals surface area contributed by atoms with Gasteiger partial charge in [0, 0.05) is 5.56 Å². The molecule has 136 valence electrons. The average molecular weight is 372 g/mol. The highest BCUT2D eigenvalue weighted by Gasteiger charge is 2.20. The Morgan fingerprint density at radius 1 is 1.15 bits per heavy atom. The number of thioether (sulfide) groups is 1. The normalized spacial score (nSPS) is 12.1. The Kier molecular flexibility index (Phi) is 5.72. The molecule has 0 fully saturated rings. The van der Waals surface area contributed by atoms with Crippen molar-refractivity contribution in [3.63, 3.8) is 0 Å². The van der Waals surface area contributed by atoms with Crippen molar-refractivity contribution in [1.29, 1.82) is 0 Å². The zero-order chi connectivity index (χ0) is 18.5. The van der Waals surface area contributed by atoms with Crippen LogP contribution in [0.5, 0.6) is 5.75 Å². The first-order valence-corrected chi connectivity index (χ1v) is 9.24. The SMILES string of the molecule is CCOc1ccc(-c2nnc3ccc(S[C@@H](CC)C(=O)OC)nn23)cc1. The number of ether oxygens (including phenoxy) is 2. The molecular weight excluding hydrogens is 352 g/mol. The first-order chi connectivity index (χ1) is 12.7. The number of fused-ring (bicyclic) bond motifs is 1. The summed E-state index contributed by atoms with van der Waals surface area (Å²) < 4.78 is 12.0. The number of carbonyl (C=O) groups excluding carboxylic acids is 1. The fourth-order valence-electron chi connectivity index (χ4n) is 2.46. The summed E-state index contributed by atoms with van der Waals surface area (Å²) in [6, 6.07) is 11.3. The Balaban J connectivity index is 1.91. The first-order valence-electron chi connectivity index (χ1n) is 8.36. The zero-order valence-electron chi connectivity index (χ0n) is 14.9. The second-order valence-corrected chi connectivity index (χ2v) is 6.68. The molecule has 2 aromatic heterocycles. The fourth-order valence-corrected chi connectivity index (χ4v) is 3.38. The zero-order valence-corrected chi connectivity index (χ0v) is 15.7. The predicted octanol–water partition coefficient (Wildman–Crippen LogP) is 3.23. The van der Waals surface area contributed by atoms with Gasteiger partial charge in [-0.15, -0.1) is 10.2 Å². The van der Waals surface area contributed by atoms with E-state index in [2.05, 4.69) is 15.3 Å². The van der Waals surface area contributed by atoms with E-state index in [1.807, 2.05) is 50.2 Å². The van der Waals surface area contributed by atoms with Crippen molar-refractivity contribution in [2.24, 2.45) is 0 Å². The van der Waals surface area contributed by atoms with E-state index in [0.29, 0.717) is 29.5 Å². The van der Waals surface area contributed by atoms with Crippen molar-refractivity contribution >= 4 is 23.4 Å². The van der Waals surface area contributed by atoms with Crippen molar-refractivity contribution in [2.75, 3.05) is 13.7 Å². The maximum absolute atomic E-state index is 11.8. The minimum atomic E-state index is -0.296. The lowest BCUT2D eigenvalue weighted by molar-refractivity contribution is -0.140. The van der Waals surface area contributed by atoms with Crippen LogP contribution in [-0.2, 0) is 9.53 Å². The Labute approximate surface area is 155 Å². The molecule has 1 aromatic carbocycles. The molecule has 0 saturated heterocycles. The summed E-state index contributed by atoms with van der Waals surface area (Å²) in [5.41, 5.74) is 1.53. The van der Waals surface area contributed by atoms with Gasteiger partial charge >= 0.3 is 5.97 Å². The van der Waals surface area contributed by atoms with Gasteiger partial charge in [0.15, 0.2) is 11.5 Å².